The van der Waals surface area contributed by atoms with Gasteiger partial charge in [-0.3, -0.25) is 10.2 Å². The summed E-state index contributed by atoms with van der Waals surface area (Å²) in [5, 5.41) is 0. The number of carbonyl (C=O) groups is 1. The molecule has 0 spiro atoms. The van der Waals surface area contributed by atoms with E-state index in [4.69, 9.17) is 10.6 Å². The smallest absolute Gasteiger partial charge is 0.265 e. The zero-order valence-electron chi connectivity index (χ0n) is 10.5. The normalized spacial score (nSPS) is 18.5. The van der Waals surface area contributed by atoms with Crippen molar-refractivity contribution in [1.29, 1.82) is 0 Å². The first-order valence-corrected chi connectivity index (χ1v) is 8.14. The van der Waals surface area contributed by atoms with Gasteiger partial charge in [-0.15, -0.1) is 0 Å². The standard InChI is InChI=1S/C13H17BrN2O2S/c14-12-6-9(13(17)16-15)3-4-10(12)7-19-8-11-2-1-5-18-11/h3-4,6,11H,1-2,5,7-8,15H2,(H,16,17). The summed E-state index contributed by atoms with van der Waals surface area (Å²) in [4.78, 5) is 11.4. The molecule has 1 heterocycles. The number of ether oxygens (including phenoxy) is 1. The molecule has 4 nitrogen and oxygen atoms in total. The largest absolute Gasteiger partial charge is 0.377 e. The molecule has 104 valence electrons. The first-order valence-electron chi connectivity index (χ1n) is 6.19. The average Bonchev–Trinajstić information content (AvgIpc) is 2.93. The molecule has 1 atom stereocenters. The number of hydrogen-bond acceptors (Lipinski definition) is 4. The molecular formula is C13H17BrN2O2S. The molecule has 0 saturated carbocycles. The zero-order chi connectivity index (χ0) is 13.7. The molecule has 0 radical (unpaired) electrons. The maximum absolute atomic E-state index is 11.4. The number of hydrogen-bond donors (Lipinski definition) is 2. The molecule has 0 aliphatic carbocycles. The van der Waals surface area contributed by atoms with E-state index in [1.54, 1.807) is 12.1 Å². The minimum Gasteiger partial charge on any atom is -0.377 e. The van der Waals surface area contributed by atoms with Crippen molar-refractivity contribution in [2.75, 3.05) is 12.4 Å². The second-order valence-electron chi connectivity index (χ2n) is 4.43. The van der Waals surface area contributed by atoms with Crippen LogP contribution in [0.25, 0.3) is 0 Å². The van der Waals surface area contributed by atoms with Gasteiger partial charge in [0.15, 0.2) is 0 Å². The predicted octanol–water partition coefficient (Wildman–Crippen LogP) is 2.46. The molecule has 3 N–H and O–H groups in total. The van der Waals surface area contributed by atoms with Gasteiger partial charge in [0.05, 0.1) is 6.10 Å². The van der Waals surface area contributed by atoms with Crippen LogP contribution in [0.1, 0.15) is 28.8 Å². The minimum absolute atomic E-state index is 0.278. The lowest BCUT2D eigenvalue weighted by molar-refractivity contribution is 0.0953. The van der Waals surface area contributed by atoms with Gasteiger partial charge < -0.3 is 4.74 Å². The van der Waals surface area contributed by atoms with Gasteiger partial charge in [0.25, 0.3) is 5.91 Å². The lowest BCUT2D eigenvalue weighted by Crippen LogP contribution is -2.29. The Morgan fingerprint density at radius 2 is 2.42 bits per heavy atom. The molecule has 1 unspecified atom stereocenters. The van der Waals surface area contributed by atoms with Crippen molar-refractivity contribution < 1.29 is 9.53 Å². The van der Waals surface area contributed by atoms with Crippen molar-refractivity contribution >= 4 is 33.6 Å². The van der Waals surface area contributed by atoms with Gasteiger partial charge in [0, 0.05) is 28.1 Å². The van der Waals surface area contributed by atoms with Crippen LogP contribution in [-0.4, -0.2) is 24.4 Å². The van der Waals surface area contributed by atoms with E-state index < -0.39 is 0 Å². The number of rotatable bonds is 5. The van der Waals surface area contributed by atoms with E-state index in [9.17, 15) is 4.79 Å². The molecule has 19 heavy (non-hydrogen) atoms. The average molecular weight is 345 g/mol. The molecule has 1 fully saturated rings. The Morgan fingerprint density at radius 1 is 1.58 bits per heavy atom. The predicted molar refractivity (Wildman–Crippen MR) is 80.9 cm³/mol. The first-order chi connectivity index (χ1) is 9.20. The topological polar surface area (TPSA) is 64.3 Å². The lowest BCUT2D eigenvalue weighted by Gasteiger charge is -2.10. The molecule has 1 aromatic rings. The third-order valence-electron chi connectivity index (χ3n) is 3.03. The SMILES string of the molecule is NNC(=O)c1ccc(CSCC2CCCO2)c(Br)c1. The maximum atomic E-state index is 11.4. The highest BCUT2D eigenvalue weighted by molar-refractivity contribution is 9.10. The first kappa shape index (κ1) is 14.8. The summed E-state index contributed by atoms with van der Waals surface area (Å²) in [6.07, 6.45) is 2.76. The fourth-order valence-corrected chi connectivity index (χ4v) is 3.78. The molecule has 0 bridgehead atoms. The summed E-state index contributed by atoms with van der Waals surface area (Å²) < 4.78 is 6.53. The molecule has 1 aliphatic rings. The Labute approximate surface area is 125 Å². The summed E-state index contributed by atoms with van der Waals surface area (Å²) in [6.45, 7) is 0.901. The van der Waals surface area contributed by atoms with Crippen LogP contribution < -0.4 is 11.3 Å². The third kappa shape index (κ3) is 4.21. The van der Waals surface area contributed by atoms with Crippen molar-refractivity contribution in [2.24, 2.45) is 5.84 Å². The Bertz CT molecular complexity index is 450. The second-order valence-corrected chi connectivity index (χ2v) is 6.31. The van der Waals surface area contributed by atoms with Gasteiger partial charge in [-0.1, -0.05) is 22.0 Å². The highest BCUT2D eigenvalue weighted by atomic mass is 79.9. The van der Waals surface area contributed by atoms with Gasteiger partial charge in [-0.05, 0) is 30.5 Å². The summed E-state index contributed by atoms with van der Waals surface area (Å²) in [5.41, 5.74) is 3.86. The number of nitrogens with two attached hydrogens (primary N) is 1. The number of nitrogen functional groups attached to an aromatic ring is 1. The van der Waals surface area contributed by atoms with Crippen LogP contribution in [0.5, 0.6) is 0 Å². The minimum atomic E-state index is -0.278. The number of carbonyl (C=O) groups excluding carboxylic acids is 1. The van der Waals surface area contributed by atoms with Crippen LogP contribution in [0.3, 0.4) is 0 Å². The molecule has 1 aromatic carbocycles. The monoisotopic (exact) mass is 344 g/mol. The van der Waals surface area contributed by atoms with Crippen LogP contribution in [0.4, 0.5) is 0 Å². The molecule has 6 heteroatoms. The summed E-state index contributed by atoms with van der Waals surface area (Å²) in [6, 6.07) is 5.54. The van der Waals surface area contributed by atoms with E-state index in [0.717, 1.165) is 22.6 Å². The Kier molecular flexibility index (Phi) is 5.69. The van der Waals surface area contributed by atoms with E-state index in [2.05, 4.69) is 21.4 Å². The van der Waals surface area contributed by atoms with E-state index >= 15 is 0 Å². The highest BCUT2D eigenvalue weighted by Crippen LogP contribution is 2.25. The van der Waals surface area contributed by atoms with Crippen molar-refractivity contribution in [2.45, 2.75) is 24.7 Å². The van der Waals surface area contributed by atoms with Gasteiger partial charge in [0.1, 0.15) is 0 Å². The highest BCUT2D eigenvalue weighted by Gasteiger charge is 2.15. The van der Waals surface area contributed by atoms with Crippen molar-refractivity contribution in [3.05, 3.63) is 33.8 Å². The van der Waals surface area contributed by atoms with Crippen LogP contribution in [0.2, 0.25) is 0 Å². The van der Waals surface area contributed by atoms with Gasteiger partial charge >= 0.3 is 0 Å². The number of halogens is 1. The number of benzene rings is 1. The molecule has 1 amide bonds. The lowest BCUT2D eigenvalue weighted by atomic mass is 10.1. The third-order valence-corrected chi connectivity index (χ3v) is 4.89. The van der Waals surface area contributed by atoms with E-state index in [0.29, 0.717) is 11.7 Å². The molecule has 1 saturated heterocycles. The number of nitrogens with one attached hydrogen (secondary N) is 1. The maximum Gasteiger partial charge on any atom is 0.265 e. The number of hydrazine groups is 1. The van der Waals surface area contributed by atoms with Crippen LogP contribution in [0.15, 0.2) is 22.7 Å². The Balaban J connectivity index is 1.87. The van der Waals surface area contributed by atoms with Crippen molar-refractivity contribution in [3.8, 4) is 0 Å². The molecule has 2 rings (SSSR count). The second kappa shape index (κ2) is 7.28. The van der Waals surface area contributed by atoms with Crippen LogP contribution >= 0.6 is 27.7 Å². The Hall–Kier alpha value is -0.560. The summed E-state index contributed by atoms with van der Waals surface area (Å²) in [7, 11) is 0. The van der Waals surface area contributed by atoms with Crippen LogP contribution in [0, 0.1) is 0 Å². The fourth-order valence-electron chi connectivity index (χ4n) is 1.97. The summed E-state index contributed by atoms with van der Waals surface area (Å²) in [5.74, 6) is 6.76. The van der Waals surface area contributed by atoms with Gasteiger partial charge in [-0.2, -0.15) is 11.8 Å². The molecule has 1 aliphatic heterocycles. The van der Waals surface area contributed by atoms with E-state index in [1.807, 2.05) is 17.8 Å². The van der Waals surface area contributed by atoms with E-state index in [-0.39, 0.29) is 5.91 Å². The van der Waals surface area contributed by atoms with Crippen molar-refractivity contribution in [1.82, 2.24) is 5.43 Å². The number of thioether (sulfide) groups is 1. The van der Waals surface area contributed by atoms with Gasteiger partial charge in [0.2, 0.25) is 0 Å². The zero-order valence-corrected chi connectivity index (χ0v) is 12.9. The van der Waals surface area contributed by atoms with Crippen molar-refractivity contribution in [3.63, 3.8) is 0 Å². The quantitative estimate of drug-likeness (QED) is 0.489. The fraction of sp³-hybridized carbons (Fsp3) is 0.462. The molecule has 0 aromatic heterocycles. The number of amides is 1. The van der Waals surface area contributed by atoms with Crippen LogP contribution in [-0.2, 0) is 10.5 Å². The van der Waals surface area contributed by atoms with Gasteiger partial charge in [-0.25, -0.2) is 5.84 Å². The van der Waals surface area contributed by atoms with E-state index in [1.165, 1.54) is 18.4 Å². The molecular weight excluding hydrogens is 328 g/mol. The summed E-state index contributed by atoms with van der Waals surface area (Å²) >= 11 is 5.35. The Morgan fingerprint density at radius 3 is 3.05 bits per heavy atom.